The summed E-state index contributed by atoms with van der Waals surface area (Å²) in [6, 6.07) is 8.55. The number of carbonyl (C=O) groups is 1. The Morgan fingerprint density at radius 1 is 1.21 bits per heavy atom. The number of benzene rings is 1. The molecule has 0 radical (unpaired) electrons. The van der Waals surface area contributed by atoms with E-state index in [0.29, 0.717) is 17.9 Å². The van der Waals surface area contributed by atoms with Gasteiger partial charge in [0.2, 0.25) is 5.91 Å². The SMILES string of the molecule is C[C@@H](CC(=O)Nc1c(-c2cc(F)ccc2F)nc2ccccn12)CC(C)(C)C. The van der Waals surface area contributed by atoms with Gasteiger partial charge >= 0.3 is 0 Å². The van der Waals surface area contributed by atoms with Crippen molar-refractivity contribution >= 4 is 17.4 Å². The van der Waals surface area contributed by atoms with E-state index in [1.165, 1.54) is 0 Å². The van der Waals surface area contributed by atoms with Crippen LogP contribution in [0.4, 0.5) is 14.6 Å². The molecule has 4 nitrogen and oxygen atoms in total. The smallest absolute Gasteiger partial charge is 0.225 e. The van der Waals surface area contributed by atoms with E-state index in [0.717, 1.165) is 24.6 Å². The van der Waals surface area contributed by atoms with E-state index in [2.05, 4.69) is 31.1 Å². The van der Waals surface area contributed by atoms with E-state index in [1.807, 2.05) is 6.92 Å². The van der Waals surface area contributed by atoms with Crippen LogP contribution in [0.5, 0.6) is 0 Å². The van der Waals surface area contributed by atoms with Gasteiger partial charge in [-0.15, -0.1) is 0 Å². The minimum Gasteiger partial charge on any atom is -0.310 e. The van der Waals surface area contributed by atoms with E-state index in [9.17, 15) is 13.6 Å². The summed E-state index contributed by atoms with van der Waals surface area (Å²) in [4.78, 5) is 17.1. The zero-order chi connectivity index (χ0) is 20.5. The minimum absolute atomic E-state index is 0.0155. The maximum atomic E-state index is 14.4. The molecule has 28 heavy (non-hydrogen) atoms. The minimum atomic E-state index is -0.596. The third kappa shape index (κ3) is 4.55. The molecule has 6 heteroatoms. The summed E-state index contributed by atoms with van der Waals surface area (Å²) in [6.45, 7) is 8.44. The van der Waals surface area contributed by atoms with E-state index < -0.39 is 11.6 Å². The van der Waals surface area contributed by atoms with Crippen molar-refractivity contribution in [2.75, 3.05) is 5.32 Å². The van der Waals surface area contributed by atoms with Crippen molar-refractivity contribution in [3.05, 3.63) is 54.2 Å². The maximum absolute atomic E-state index is 14.4. The van der Waals surface area contributed by atoms with Crippen LogP contribution < -0.4 is 5.32 Å². The van der Waals surface area contributed by atoms with Crippen molar-refractivity contribution in [2.24, 2.45) is 11.3 Å². The second-order valence-electron chi connectivity index (χ2n) is 8.48. The molecule has 0 spiro atoms. The predicted octanol–water partition coefficient (Wildman–Crippen LogP) is 5.68. The number of amides is 1. The van der Waals surface area contributed by atoms with Gasteiger partial charge in [0.25, 0.3) is 0 Å². The number of halogens is 2. The molecule has 0 bridgehead atoms. The third-order valence-corrected chi connectivity index (χ3v) is 4.47. The van der Waals surface area contributed by atoms with Crippen LogP contribution in [0.1, 0.15) is 40.5 Å². The first-order chi connectivity index (χ1) is 13.1. The maximum Gasteiger partial charge on any atom is 0.225 e. The zero-order valence-corrected chi connectivity index (χ0v) is 16.6. The van der Waals surface area contributed by atoms with E-state index in [4.69, 9.17) is 0 Å². The fourth-order valence-corrected chi connectivity index (χ4v) is 3.60. The topological polar surface area (TPSA) is 46.4 Å². The lowest BCUT2D eigenvalue weighted by molar-refractivity contribution is -0.117. The Labute approximate surface area is 163 Å². The number of carbonyl (C=O) groups excluding carboxylic acids is 1. The highest BCUT2D eigenvalue weighted by Crippen LogP contribution is 2.32. The quantitative estimate of drug-likeness (QED) is 0.614. The standard InChI is InChI=1S/C22H25F2N3O/c1-14(13-22(2,3)4)11-19(28)26-21-20(16-12-15(23)8-9-17(16)24)25-18-7-5-6-10-27(18)21/h5-10,12,14H,11,13H2,1-4H3,(H,26,28)/t14-/m0/s1. The van der Waals surface area contributed by atoms with Crippen molar-refractivity contribution in [1.29, 1.82) is 0 Å². The monoisotopic (exact) mass is 385 g/mol. The summed E-state index contributed by atoms with van der Waals surface area (Å²) in [7, 11) is 0. The van der Waals surface area contributed by atoms with Crippen molar-refractivity contribution in [3.8, 4) is 11.3 Å². The number of nitrogens with zero attached hydrogens (tertiary/aromatic N) is 2. The van der Waals surface area contributed by atoms with Gasteiger partial charge in [0.05, 0.1) is 0 Å². The van der Waals surface area contributed by atoms with Gasteiger partial charge in [0, 0.05) is 18.2 Å². The first kappa shape index (κ1) is 20.0. The van der Waals surface area contributed by atoms with Crippen molar-refractivity contribution in [1.82, 2.24) is 9.38 Å². The molecule has 0 aliphatic carbocycles. The number of fused-ring (bicyclic) bond motifs is 1. The van der Waals surface area contributed by atoms with Gasteiger partial charge in [-0.3, -0.25) is 9.20 Å². The number of pyridine rings is 1. The molecule has 2 aromatic heterocycles. The molecule has 1 N–H and O–H groups in total. The lowest BCUT2D eigenvalue weighted by Crippen LogP contribution is -2.19. The Morgan fingerprint density at radius 3 is 2.68 bits per heavy atom. The molecule has 0 saturated carbocycles. The number of aromatic nitrogens is 2. The Kier molecular flexibility index (Phi) is 5.49. The van der Waals surface area contributed by atoms with Gasteiger partial charge < -0.3 is 5.32 Å². The van der Waals surface area contributed by atoms with Gasteiger partial charge in [-0.1, -0.05) is 33.8 Å². The van der Waals surface area contributed by atoms with Gasteiger partial charge in [0.1, 0.15) is 28.8 Å². The Bertz CT molecular complexity index is 1000. The number of rotatable bonds is 5. The molecule has 1 amide bonds. The van der Waals surface area contributed by atoms with Crippen molar-refractivity contribution in [3.63, 3.8) is 0 Å². The fourth-order valence-electron chi connectivity index (χ4n) is 3.60. The molecule has 0 unspecified atom stereocenters. The Morgan fingerprint density at radius 2 is 1.96 bits per heavy atom. The van der Waals surface area contributed by atoms with Gasteiger partial charge in [-0.25, -0.2) is 13.8 Å². The van der Waals surface area contributed by atoms with Crippen LogP contribution in [0.25, 0.3) is 16.9 Å². The highest BCUT2D eigenvalue weighted by atomic mass is 19.1. The summed E-state index contributed by atoms with van der Waals surface area (Å²) in [5, 5.41) is 2.87. The summed E-state index contributed by atoms with van der Waals surface area (Å²) in [5.41, 5.74) is 0.889. The second-order valence-corrected chi connectivity index (χ2v) is 8.48. The first-order valence-electron chi connectivity index (χ1n) is 9.36. The van der Waals surface area contributed by atoms with Gasteiger partial charge in [-0.2, -0.15) is 0 Å². The van der Waals surface area contributed by atoms with Crippen molar-refractivity contribution < 1.29 is 13.6 Å². The number of imidazole rings is 1. The highest BCUT2D eigenvalue weighted by Gasteiger charge is 2.22. The Balaban J connectivity index is 1.96. The molecule has 0 aliphatic rings. The van der Waals surface area contributed by atoms with E-state index in [1.54, 1.807) is 28.8 Å². The van der Waals surface area contributed by atoms with Crippen LogP contribution in [0, 0.1) is 23.0 Å². The summed E-state index contributed by atoms with van der Waals surface area (Å²) in [6.07, 6.45) is 2.97. The molecule has 3 aromatic rings. The van der Waals surface area contributed by atoms with Gasteiger partial charge in [0.15, 0.2) is 0 Å². The molecule has 1 atom stereocenters. The lowest BCUT2D eigenvalue weighted by atomic mass is 9.84. The van der Waals surface area contributed by atoms with Crippen LogP contribution >= 0.6 is 0 Å². The molecule has 148 valence electrons. The Hall–Kier alpha value is -2.76. The van der Waals surface area contributed by atoms with Crippen LogP contribution in [0.15, 0.2) is 42.6 Å². The number of anilines is 1. The summed E-state index contributed by atoms with van der Waals surface area (Å²) < 4.78 is 29.8. The van der Waals surface area contributed by atoms with Crippen molar-refractivity contribution in [2.45, 2.75) is 40.5 Å². The lowest BCUT2D eigenvalue weighted by Gasteiger charge is -2.22. The average Bonchev–Trinajstić information content (AvgIpc) is 2.93. The molecular weight excluding hydrogens is 360 g/mol. The first-order valence-corrected chi connectivity index (χ1v) is 9.36. The molecule has 3 rings (SSSR count). The van der Waals surface area contributed by atoms with Crippen LogP contribution in [0.2, 0.25) is 0 Å². The van der Waals surface area contributed by atoms with Crippen LogP contribution in [0.3, 0.4) is 0 Å². The number of nitrogens with one attached hydrogen (secondary N) is 1. The molecule has 1 aromatic carbocycles. The van der Waals surface area contributed by atoms with E-state index in [-0.39, 0.29) is 28.5 Å². The molecule has 0 aliphatic heterocycles. The normalized spacial score (nSPS) is 12.9. The number of hydrogen-bond acceptors (Lipinski definition) is 2. The fraction of sp³-hybridized carbons (Fsp3) is 0.364. The summed E-state index contributed by atoms with van der Waals surface area (Å²) in [5.74, 6) is -0.812. The van der Waals surface area contributed by atoms with Crippen LogP contribution in [-0.2, 0) is 4.79 Å². The van der Waals surface area contributed by atoms with Crippen LogP contribution in [-0.4, -0.2) is 15.3 Å². The predicted molar refractivity (Wildman–Crippen MR) is 107 cm³/mol. The molecule has 0 saturated heterocycles. The largest absolute Gasteiger partial charge is 0.310 e. The van der Waals surface area contributed by atoms with E-state index >= 15 is 0 Å². The highest BCUT2D eigenvalue weighted by molar-refractivity contribution is 5.94. The zero-order valence-electron chi connectivity index (χ0n) is 16.6. The van der Waals surface area contributed by atoms with Gasteiger partial charge in [-0.05, 0) is 48.1 Å². The summed E-state index contributed by atoms with van der Waals surface area (Å²) >= 11 is 0. The molecule has 0 fully saturated rings. The molecular formula is C22H25F2N3O. The second kappa shape index (κ2) is 7.70. The third-order valence-electron chi connectivity index (χ3n) is 4.47. The average molecular weight is 385 g/mol. The molecule has 2 heterocycles. The number of hydrogen-bond donors (Lipinski definition) is 1.